The van der Waals surface area contributed by atoms with E-state index in [1.165, 1.54) is 36.4 Å². The van der Waals surface area contributed by atoms with Gasteiger partial charge >= 0.3 is 6.18 Å². The molecule has 2 N–H and O–H groups in total. The molecule has 1 aromatic heterocycles. The van der Waals surface area contributed by atoms with Crippen LogP contribution in [0.5, 0.6) is 0 Å². The number of anilines is 1. The number of hydrogen-bond donors (Lipinski definition) is 2. The van der Waals surface area contributed by atoms with Gasteiger partial charge in [-0.2, -0.15) is 13.2 Å². The Morgan fingerprint density at radius 1 is 1.03 bits per heavy atom. The van der Waals surface area contributed by atoms with E-state index in [9.17, 15) is 30.8 Å². The van der Waals surface area contributed by atoms with Crippen molar-refractivity contribution in [2.75, 3.05) is 11.0 Å². The SMILES string of the molecule is CS(=O)(=O)Nc1ccc(CNC(=O)c2ccc(-c3ccc(C(F)(F)F)cc3)o2)cc1F. The van der Waals surface area contributed by atoms with E-state index in [-0.39, 0.29) is 23.8 Å². The molecule has 31 heavy (non-hydrogen) atoms. The van der Waals surface area contributed by atoms with Gasteiger partial charge in [-0.3, -0.25) is 9.52 Å². The van der Waals surface area contributed by atoms with Crippen LogP contribution in [-0.2, 0) is 22.7 Å². The standard InChI is InChI=1S/C20H16F4N2O4S/c1-31(28,29)26-16-7-2-12(10-15(16)21)11-25-19(27)18-9-8-17(30-18)13-3-5-14(6-4-13)20(22,23)24/h2-10,26H,11H2,1H3,(H,25,27). The highest BCUT2D eigenvalue weighted by Gasteiger charge is 2.30. The number of amides is 1. The quantitative estimate of drug-likeness (QED) is 0.538. The maximum Gasteiger partial charge on any atom is 0.416 e. The Bertz CT molecular complexity index is 1200. The number of carbonyl (C=O) groups is 1. The maximum absolute atomic E-state index is 14.0. The van der Waals surface area contributed by atoms with Gasteiger partial charge in [0.25, 0.3) is 5.91 Å². The Labute approximate surface area is 174 Å². The molecule has 0 radical (unpaired) electrons. The summed E-state index contributed by atoms with van der Waals surface area (Å²) >= 11 is 0. The minimum atomic E-state index is -4.45. The van der Waals surface area contributed by atoms with Crippen LogP contribution in [0, 0.1) is 5.82 Å². The Hall–Kier alpha value is -3.34. The number of carbonyl (C=O) groups excluding carboxylic acids is 1. The van der Waals surface area contributed by atoms with Crippen LogP contribution in [0.25, 0.3) is 11.3 Å². The van der Waals surface area contributed by atoms with Crippen LogP contribution in [0.2, 0.25) is 0 Å². The largest absolute Gasteiger partial charge is 0.451 e. The summed E-state index contributed by atoms with van der Waals surface area (Å²) in [6.07, 6.45) is -3.56. The topological polar surface area (TPSA) is 88.4 Å². The first kappa shape index (κ1) is 22.3. The summed E-state index contributed by atoms with van der Waals surface area (Å²) in [6, 6.07) is 10.8. The summed E-state index contributed by atoms with van der Waals surface area (Å²) in [5, 5.41) is 2.52. The van der Waals surface area contributed by atoms with Gasteiger partial charge in [-0.15, -0.1) is 0 Å². The van der Waals surface area contributed by atoms with E-state index in [0.29, 0.717) is 11.1 Å². The smallest absolute Gasteiger partial charge is 0.416 e. The fourth-order valence-electron chi connectivity index (χ4n) is 2.66. The first-order valence-corrected chi connectivity index (χ1v) is 10.6. The third-order valence-corrected chi connectivity index (χ3v) is 4.70. The highest BCUT2D eigenvalue weighted by Crippen LogP contribution is 2.31. The second-order valence-electron chi connectivity index (χ2n) is 6.61. The van der Waals surface area contributed by atoms with Gasteiger partial charge in [-0.1, -0.05) is 18.2 Å². The molecule has 0 saturated carbocycles. The van der Waals surface area contributed by atoms with Crippen LogP contribution in [-0.4, -0.2) is 20.6 Å². The lowest BCUT2D eigenvalue weighted by molar-refractivity contribution is -0.137. The van der Waals surface area contributed by atoms with Gasteiger partial charge in [0.05, 0.1) is 17.5 Å². The molecule has 0 fully saturated rings. The summed E-state index contributed by atoms with van der Waals surface area (Å²) in [5.74, 6) is -1.29. The molecule has 0 saturated heterocycles. The molecule has 0 bridgehead atoms. The molecule has 0 aliphatic heterocycles. The van der Waals surface area contributed by atoms with Crippen LogP contribution in [0.3, 0.4) is 0 Å². The van der Waals surface area contributed by atoms with E-state index in [0.717, 1.165) is 24.5 Å². The summed E-state index contributed by atoms with van der Waals surface area (Å²) in [6.45, 7) is -0.0643. The number of nitrogens with one attached hydrogen (secondary N) is 2. The van der Waals surface area contributed by atoms with E-state index in [4.69, 9.17) is 4.42 Å². The lowest BCUT2D eigenvalue weighted by atomic mass is 10.1. The molecule has 11 heteroatoms. The van der Waals surface area contributed by atoms with Crippen molar-refractivity contribution in [1.29, 1.82) is 0 Å². The van der Waals surface area contributed by atoms with Crippen molar-refractivity contribution < 1.29 is 35.2 Å². The molecule has 0 spiro atoms. The van der Waals surface area contributed by atoms with Crippen molar-refractivity contribution in [2.45, 2.75) is 12.7 Å². The van der Waals surface area contributed by atoms with E-state index in [2.05, 4.69) is 5.32 Å². The van der Waals surface area contributed by atoms with Crippen molar-refractivity contribution in [1.82, 2.24) is 5.32 Å². The molecule has 164 valence electrons. The van der Waals surface area contributed by atoms with Gasteiger partial charge in [0.2, 0.25) is 10.0 Å². The molecule has 0 atom stereocenters. The number of hydrogen-bond acceptors (Lipinski definition) is 4. The average molecular weight is 456 g/mol. The highest BCUT2D eigenvalue weighted by atomic mass is 32.2. The third kappa shape index (κ3) is 5.85. The molecule has 3 aromatic rings. The zero-order valence-electron chi connectivity index (χ0n) is 16.0. The van der Waals surface area contributed by atoms with Crippen molar-refractivity contribution in [3.8, 4) is 11.3 Å². The van der Waals surface area contributed by atoms with Gasteiger partial charge < -0.3 is 9.73 Å². The van der Waals surface area contributed by atoms with Crippen LogP contribution in [0.15, 0.2) is 59.0 Å². The zero-order chi connectivity index (χ0) is 22.8. The minimum absolute atomic E-state index is 0.0643. The zero-order valence-corrected chi connectivity index (χ0v) is 16.8. The van der Waals surface area contributed by atoms with Crippen LogP contribution in [0.4, 0.5) is 23.2 Å². The predicted molar refractivity (Wildman–Crippen MR) is 105 cm³/mol. The summed E-state index contributed by atoms with van der Waals surface area (Å²) in [4.78, 5) is 12.2. The Balaban J connectivity index is 1.64. The number of halogens is 4. The predicted octanol–water partition coefficient (Wildman–Crippen LogP) is 4.41. The Kier molecular flexibility index (Phi) is 6.07. The van der Waals surface area contributed by atoms with E-state index >= 15 is 0 Å². The first-order valence-electron chi connectivity index (χ1n) is 8.74. The summed E-state index contributed by atoms with van der Waals surface area (Å²) in [7, 11) is -3.63. The van der Waals surface area contributed by atoms with E-state index < -0.39 is 33.5 Å². The fraction of sp³-hybridized carbons (Fsp3) is 0.150. The van der Waals surface area contributed by atoms with Crippen molar-refractivity contribution in [3.63, 3.8) is 0 Å². The number of benzene rings is 2. The van der Waals surface area contributed by atoms with Crippen molar-refractivity contribution in [3.05, 3.63) is 77.3 Å². The van der Waals surface area contributed by atoms with Crippen molar-refractivity contribution >= 4 is 21.6 Å². The lowest BCUT2D eigenvalue weighted by Crippen LogP contribution is -2.22. The second-order valence-corrected chi connectivity index (χ2v) is 8.36. The van der Waals surface area contributed by atoms with Gasteiger partial charge in [0.1, 0.15) is 11.6 Å². The first-order chi connectivity index (χ1) is 14.4. The lowest BCUT2D eigenvalue weighted by Gasteiger charge is -2.08. The van der Waals surface area contributed by atoms with Crippen LogP contribution in [0.1, 0.15) is 21.7 Å². The summed E-state index contributed by atoms with van der Waals surface area (Å²) < 4.78 is 81.7. The monoisotopic (exact) mass is 456 g/mol. The molecule has 2 aromatic carbocycles. The van der Waals surface area contributed by atoms with Gasteiger partial charge in [-0.25, -0.2) is 12.8 Å². The van der Waals surface area contributed by atoms with Gasteiger partial charge in [0.15, 0.2) is 5.76 Å². The van der Waals surface area contributed by atoms with Crippen LogP contribution >= 0.6 is 0 Å². The molecule has 0 aliphatic rings. The third-order valence-electron chi connectivity index (χ3n) is 4.11. The average Bonchev–Trinajstić information content (AvgIpc) is 3.17. The van der Waals surface area contributed by atoms with Gasteiger partial charge in [-0.05, 0) is 42.0 Å². The second kappa shape index (κ2) is 8.42. The van der Waals surface area contributed by atoms with E-state index in [1.54, 1.807) is 0 Å². The Morgan fingerprint density at radius 2 is 1.71 bits per heavy atom. The molecule has 3 rings (SSSR count). The normalized spacial score (nSPS) is 11.9. The molecule has 0 aliphatic carbocycles. The molecular weight excluding hydrogens is 440 g/mol. The molecule has 1 heterocycles. The maximum atomic E-state index is 14.0. The summed E-state index contributed by atoms with van der Waals surface area (Å²) in [5.41, 5.74) is -0.280. The molecule has 6 nitrogen and oxygen atoms in total. The van der Waals surface area contributed by atoms with E-state index in [1.807, 2.05) is 4.72 Å². The molecule has 0 unspecified atom stereocenters. The fourth-order valence-corrected chi connectivity index (χ4v) is 3.22. The highest BCUT2D eigenvalue weighted by molar-refractivity contribution is 7.92. The van der Waals surface area contributed by atoms with Crippen molar-refractivity contribution in [2.24, 2.45) is 0 Å². The van der Waals surface area contributed by atoms with Gasteiger partial charge in [0, 0.05) is 12.1 Å². The number of alkyl halides is 3. The number of sulfonamides is 1. The number of rotatable bonds is 6. The molecular formula is C20H16F4N2O4S. The Morgan fingerprint density at radius 3 is 2.29 bits per heavy atom. The van der Waals surface area contributed by atoms with Crippen LogP contribution < -0.4 is 10.0 Å². The molecule has 1 amide bonds. The minimum Gasteiger partial charge on any atom is -0.451 e. The number of furan rings is 1.